The lowest BCUT2D eigenvalue weighted by molar-refractivity contribution is -0.165. The standard InChI is InChI=1S/C22H32O5/c1-14-7-6-8-15(2)19(26-17(4)23)13-18-11-12-22(5,20(24)10-9-14)27-21(25)16(18)3/h7-8,18-20,24H,3,6,9-13H2,1-2,4-5H3. The Labute approximate surface area is 162 Å². The highest BCUT2D eigenvalue weighted by molar-refractivity contribution is 5.89. The van der Waals surface area contributed by atoms with Crippen molar-refractivity contribution in [2.75, 3.05) is 0 Å². The van der Waals surface area contributed by atoms with Crippen LogP contribution in [0.15, 0.2) is 35.5 Å². The van der Waals surface area contributed by atoms with E-state index in [4.69, 9.17) is 9.47 Å². The third-order valence-corrected chi connectivity index (χ3v) is 5.81. The molecule has 1 saturated heterocycles. The molecule has 0 aromatic heterocycles. The SMILES string of the molecule is C=C1C(=O)OC2(C)CCC1CC(OC(C)=O)C(C)=CCC=C(C)CCC2O. The Morgan fingerprint density at radius 1 is 1.33 bits per heavy atom. The third-order valence-electron chi connectivity index (χ3n) is 5.81. The highest BCUT2D eigenvalue weighted by Gasteiger charge is 2.42. The van der Waals surface area contributed by atoms with Gasteiger partial charge < -0.3 is 14.6 Å². The van der Waals surface area contributed by atoms with Crippen LogP contribution in [0.5, 0.6) is 0 Å². The molecule has 2 bridgehead atoms. The molecular formula is C22H32O5. The van der Waals surface area contributed by atoms with Crippen LogP contribution in [0, 0.1) is 5.92 Å². The first-order chi connectivity index (χ1) is 12.6. The van der Waals surface area contributed by atoms with Gasteiger partial charge in [0.2, 0.25) is 0 Å². The van der Waals surface area contributed by atoms with Crippen molar-refractivity contribution >= 4 is 11.9 Å². The average molecular weight is 376 g/mol. The van der Waals surface area contributed by atoms with Crippen molar-refractivity contribution in [3.63, 3.8) is 0 Å². The van der Waals surface area contributed by atoms with E-state index in [2.05, 4.69) is 18.7 Å². The lowest BCUT2D eigenvalue weighted by Crippen LogP contribution is -2.43. The Bertz CT molecular complexity index is 660. The van der Waals surface area contributed by atoms with E-state index in [-0.39, 0.29) is 11.9 Å². The van der Waals surface area contributed by atoms with Gasteiger partial charge in [-0.1, -0.05) is 24.3 Å². The average Bonchev–Trinajstić information content (AvgIpc) is 2.70. The minimum absolute atomic E-state index is 0.153. The molecule has 150 valence electrons. The van der Waals surface area contributed by atoms with Gasteiger partial charge in [0.15, 0.2) is 0 Å². The highest BCUT2D eigenvalue weighted by Crippen LogP contribution is 2.37. The number of aliphatic hydroxyl groups excluding tert-OH is 1. The molecule has 4 atom stereocenters. The Morgan fingerprint density at radius 2 is 2.04 bits per heavy atom. The van der Waals surface area contributed by atoms with Gasteiger partial charge in [-0.25, -0.2) is 4.79 Å². The van der Waals surface area contributed by atoms with Crippen LogP contribution in [-0.2, 0) is 19.1 Å². The van der Waals surface area contributed by atoms with Gasteiger partial charge >= 0.3 is 11.9 Å². The summed E-state index contributed by atoms with van der Waals surface area (Å²) in [7, 11) is 0. The summed E-state index contributed by atoms with van der Waals surface area (Å²) >= 11 is 0. The summed E-state index contributed by atoms with van der Waals surface area (Å²) in [5.41, 5.74) is 1.60. The van der Waals surface area contributed by atoms with Crippen LogP contribution in [0.25, 0.3) is 0 Å². The zero-order valence-electron chi connectivity index (χ0n) is 16.9. The van der Waals surface area contributed by atoms with Crippen LogP contribution in [0.4, 0.5) is 0 Å². The molecule has 0 aromatic carbocycles. The number of hydrogen-bond acceptors (Lipinski definition) is 5. The van der Waals surface area contributed by atoms with Gasteiger partial charge in [-0.15, -0.1) is 0 Å². The van der Waals surface area contributed by atoms with Gasteiger partial charge in [-0.05, 0) is 70.8 Å². The molecule has 0 aromatic rings. The van der Waals surface area contributed by atoms with E-state index in [0.717, 1.165) is 18.4 Å². The molecule has 2 aliphatic rings. The molecule has 5 nitrogen and oxygen atoms in total. The second-order valence-corrected chi connectivity index (χ2v) is 8.09. The van der Waals surface area contributed by atoms with Crippen molar-refractivity contribution in [1.82, 2.24) is 0 Å². The first-order valence-corrected chi connectivity index (χ1v) is 9.72. The minimum atomic E-state index is -0.930. The van der Waals surface area contributed by atoms with Crippen molar-refractivity contribution in [1.29, 1.82) is 0 Å². The number of allylic oxidation sites excluding steroid dienone is 3. The molecule has 0 amide bonds. The normalized spacial score (nSPS) is 33.3. The topological polar surface area (TPSA) is 72.8 Å². The predicted molar refractivity (Wildman–Crippen MR) is 104 cm³/mol. The molecule has 5 heteroatoms. The second-order valence-electron chi connectivity index (χ2n) is 8.09. The number of fused-ring (bicyclic) bond motifs is 3. The van der Waals surface area contributed by atoms with E-state index >= 15 is 0 Å². The smallest absolute Gasteiger partial charge is 0.334 e. The predicted octanol–water partition coefficient (Wildman–Crippen LogP) is 4.01. The van der Waals surface area contributed by atoms with E-state index in [9.17, 15) is 14.7 Å². The minimum Gasteiger partial charge on any atom is -0.458 e. The lowest BCUT2D eigenvalue weighted by Gasteiger charge is -2.33. The van der Waals surface area contributed by atoms with Crippen LogP contribution in [0.1, 0.15) is 66.2 Å². The zero-order chi connectivity index (χ0) is 20.2. The summed E-state index contributed by atoms with van der Waals surface area (Å²) in [5, 5.41) is 10.7. The van der Waals surface area contributed by atoms with Crippen LogP contribution in [0.2, 0.25) is 0 Å². The van der Waals surface area contributed by atoms with Crippen LogP contribution in [-0.4, -0.2) is 34.9 Å². The Kier molecular flexibility index (Phi) is 7.04. The van der Waals surface area contributed by atoms with Crippen LogP contribution < -0.4 is 0 Å². The Balaban J connectivity index is 2.39. The molecule has 1 N–H and O–H groups in total. The second kappa shape index (κ2) is 8.87. The highest BCUT2D eigenvalue weighted by atomic mass is 16.6. The molecule has 2 rings (SSSR count). The fraction of sp³-hybridized carbons (Fsp3) is 0.636. The summed E-state index contributed by atoms with van der Waals surface area (Å²) in [6, 6.07) is 0. The lowest BCUT2D eigenvalue weighted by atomic mass is 9.83. The van der Waals surface area contributed by atoms with Gasteiger partial charge in [0.25, 0.3) is 0 Å². The van der Waals surface area contributed by atoms with E-state index in [1.54, 1.807) is 6.92 Å². The van der Waals surface area contributed by atoms with Gasteiger partial charge in [0, 0.05) is 12.5 Å². The fourth-order valence-electron chi connectivity index (χ4n) is 3.76. The largest absolute Gasteiger partial charge is 0.458 e. The maximum Gasteiger partial charge on any atom is 0.334 e. The van der Waals surface area contributed by atoms with Crippen molar-refractivity contribution in [3.8, 4) is 0 Å². The quantitative estimate of drug-likeness (QED) is 0.425. The van der Waals surface area contributed by atoms with Gasteiger partial charge in [-0.2, -0.15) is 0 Å². The number of carbonyl (C=O) groups is 2. The van der Waals surface area contributed by atoms with Gasteiger partial charge in [-0.3, -0.25) is 4.79 Å². The molecule has 0 radical (unpaired) electrons. The van der Waals surface area contributed by atoms with E-state index in [0.29, 0.717) is 31.3 Å². The van der Waals surface area contributed by atoms with Gasteiger partial charge in [0.1, 0.15) is 11.7 Å². The molecule has 1 fully saturated rings. The molecule has 1 heterocycles. The first kappa shape index (κ1) is 21.4. The molecule has 0 spiro atoms. The molecule has 1 aliphatic carbocycles. The molecule has 27 heavy (non-hydrogen) atoms. The Morgan fingerprint density at radius 3 is 2.70 bits per heavy atom. The van der Waals surface area contributed by atoms with Crippen LogP contribution >= 0.6 is 0 Å². The first-order valence-electron chi connectivity index (χ1n) is 9.72. The Hall–Kier alpha value is -1.88. The monoisotopic (exact) mass is 376 g/mol. The van der Waals surface area contributed by atoms with Crippen molar-refractivity contribution in [2.45, 2.75) is 84.0 Å². The number of hydrogen-bond donors (Lipinski definition) is 1. The summed E-state index contributed by atoms with van der Waals surface area (Å²) in [4.78, 5) is 24.2. The molecule has 4 unspecified atom stereocenters. The molecule has 0 saturated carbocycles. The molecule has 1 aliphatic heterocycles. The zero-order valence-corrected chi connectivity index (χ0v) is 16.9. The van der Waals surface area contributed by atoms with Gasteiger partial charge in [0.05, 0.1) is 6.10 Å². The van der Waals surface area contributed by atoms with E-state index in [1.165, 1.54) is 12.5 Å². The third kappa shape index (κ3) is 5.55. The van der Waals surface area contributed by atoms with E-state index in [1.807, 2.05) is 13.8 Å². The van der Waals surface area contributed by atoms with Crippen molar-refractivity contribution in [2.24, 2.45) is 5.92 Å². The van der Waals surface area contributed by atoms with E-state index < -0.39 is 23.8 Å². The number of carbonyl (C=O) groups excluding carboxylic acids is 2. The maximum atomic E-state index is 12.6. The number of aliphatic hydroxyl groups is 1. The van der Waals surface area contributed by atoms with Crippen molar-refractivity contribution < 1.29 is 24.2 Å². The number of ether oxygens (including phenoxy) is 2. The summed E-state index contributed by atoms with van der Waals surface area (Å²) in [6.07, 6.45) is 6.74. The number of rotatable bonds is 1. The maximum absolute atomic E-state index is 12.6. The summed E-state index contributed by atoms with van der Waals surface area (Å²) < 4.78 is 11.2. The van der Waals surface area contributed by atoms with Crippen LogP contribution in [0.3, 0.4) is 0 Å². The summed E-state index contributed by atoms with van der Waals surface area (Å²) in [6.45, 7) is 11.1. The van der Waals surface area contributed by atoms with Crippen molar-refractivity contribution in [3.05, 3.63) is 35.5 Å². The fourth-order valence-corrected chi connectivity index (χ4v) is 3.76. The number of esters is 2. The summed E-state index contributed by atoms with van der Waals surface area (Å²) in [5.74, 6) is -0.966. The molecular weight excluding hydrogens is 344 g/mol.